The fourth-order valence-corrected chi connectivity index (χ4v) is 3.88. The second-order valence-electron chi connectivity index (χ2n) is 4.05. The Hall–Kier alpha value is -0.700. The quantitative estimate of drug-likeness (QED) is 0.886. The van der Waals surface area contributed by atoms with Crippen LogP contribution in [0, 0.1) is 0 Å². The molecule has 2 heterocycles. The summed E-state index contributed by atoms with van der Waals surface area (Å²) in [7, 11) is -3.54. The molecule has 2 rings (SSSR count). The van der Waals surface area contributed by atoms with Crippen LogP contribution in [0.25, 0.3) is 0 Å². The van der Waals surface area contributed by atoms with Gasteiger partial charge in [-0.3, -0.25) is 0 Å². The summed E-state index contributed by atoms with van der Waals surface area (Å²) < 4.78 is 32.5. The van der Waals surface area contributed by atoms with Crippen LogP contribution in [0.15, 0.2) is 21.6 Å². The molecule has 1 aliphatic heterocycles. The Kier molecular flexibility index (Phi) is 4.77. The van der Waals surface area contributed by atoms with Crippen molar-refractivity contribution < 1.29 is 13.2 Å². The first-order chi connectivity index (χ1) is 9.05. The molecule has 0 bridgehead atoms. The van der Waals surface area contributed by atoms with E-state index in [1.54, 1.807) is 12.3 Å². The van der Waals surface area contributed by atoms with E-state index in [0.29, 0.717) is 43.1 Å². The molecule has 0 aromatic carbocycles. The van der Waals surface area contributed by atoms with Gasteiger partial charge >= 0.3 is 0 Å². The van der Waals surface area contributed by atoms with Crippen molar-refractivity contribution in [2.24, 2.45) is 0 Å². The number of morpholine rings is 1. The summed E-state index contributed by atoms with van der Waals surface area (Å²) in [5, 5.41) is 2.98. The molecule has 1 aromatic rings. The summed E-state index contributed by atoms with van der Waals surface area (Å²) in [5.41, 5.74) is 0. The van der Waals surface area contributed by atoms with Gasteiger partial charge in [0.1, 0.15) is 10.7 Å². The molecule has 6 nitrogen and oxygen atoms in total. The highest BCUT2D eigenvalue weighted by Gasteiger charge is 2.29. The summed E-state index contributed by atoms with van der Waals surface area (Å²) in [4.78, 5) is 4.33. The monoisotopic (exact) mass is 349 g/mol. The molecule has 8 heteroatoms. The molecule has 0 saturated carbocycles. The molecule has 0 spiro atoms. The smallest absolute Gasteiger partial charge is 0.246 e. The number of ether oxygens (including phenoxy) is 1. The van der Waals surface area contributed by atoms with Crippen LogP contribution in [-0.2, 0) is 14.8 Å². The highest BCUT2D eigenvalue weighted by molar-refractivity contribution is 9.10. The highest BCUT2D eigenvalue weighted by Crippen LogP contribution is 2.26. The third-order valence-corrected chi connectivity index (χ3v) is 5.10. The number of aromatic nitrogens is 1. The first-order valence-electron chi connectivity index (χ1n) is 6.03. The third kappa shape index (κ3) is 3.25. The molecule has 1 aliphatic rings. The van der Waals surface area contributed by atoms with Crippen LogP contribution in [0.2, 0.25) is 0 Å². The first kappa shape index (κ1) is 14.7. The average Bonchev–Trinajstić information content (AvgIpc) is 2.42. The van der Waals surface area contributed by atoms with Crippen molar-refractivity contribution in [2.45, 2.75) is 11.8 Å². The fraction of sp³-hybridized carbons (Fsp3) is 0.545. The maximum absolute atomic E-state index is 12.6. The van der Waals surface area contributed by atoms with Crippen molar-refractivity contribution in [2.75, 3.05) is 38.2 Å². The van der Waals surface area contributed by atoms with Crippen LogP contribution in [0.4, 0.5) is 5.82 Å². The zero-order valence-corrected chi connectivity index (χ0v) is 13.0. The van der Waals surface area contributed by atoms with Crippen LogP contribution in [-0.4, -0.2) is 50.6 Å². The van der Waals surface area contributed by atoms with E-state index >= 15 is 0 Å². The number of halogens is 1. The number of hydrogen-bond donors (Lipinski definition) is 1. The SMILES string of the molecule is CCNc1ncc(Br)cc1S(=O)(=O)N1CCOCC1. The zero-order valence-electron chi connectivity index (χ0n) is 10.6. The Morgan fingerprint density at radius 1 is 1.47 bits per heavy atom. The molecular weight excluding hydrogens is 334 g/mol. The number of nitrogens with zero attached hydrogens (tertiary/aromatic N) is 2. The Bertz CT molecular complexity index is 544. The lowest BCUT2D eigenvalue weighted by molar-refractivity contribution is 0.0730. The summed E-state index contributed by atoms with van der Waals surface area (Å²) in [6, 6.07) is 1.58. The lowest BCUT2D eigenvalue weighted by atomic mass is 10.4. The lowest BCUT2D eigenvalue weighted by Gasteiger charge is -2.26. The Labute approximate surface area is 121 Å². The predicted molar refractivity (Wildman–Crippen MR) is 75.7 cm³/mol. The van der Waals surface area contributed by atoms with Gasteiger partial charge in [0, 0.05) is 30.3 Å². The molecule has 1 aromatic heterocycles. The molecule has 106 valence electrons. The Morgan fingerprint density at radius 2 is 2.16 bits per heavy atom. The maximum atomic E-state index is 12.6. The van der Waals surface area contributed by atoms with Gasteiger partial charge in [0.25, 0.3) is 0 Å². The van der Waals surface area contributed by atoms with E-state index in [-0.39, 0.29) is 4.90 Å². The van der Waals surface area contributed by atoms with E-state index in [1.165, 1.54) is 4.31 Å². The summed E-state index contributed by atoms with van der Waals surface area (Å²) >= 11 is 3.27. The number of pyridine rings is 1. The number of nitrogens with one attached hydrogen (secondary N) is 1. The number of rotatable bonds is 4. The van der Waals surface area contributed by atoms with Gasteiger partial charge in [0.15, 0.2) is 0 Å². The maximum Gasteiger partial charge on any atom is 0.246 e. The van der Waals surface area contributed by atoms with E-state index in [1.807, 2.05) is 6.92 Å². The first-order valence-corrected chi connectivity index (χ1v) is 8.26. The normalized spacial score (nSPS) is 17.4. The second-order valence-corrected chi connectivity index (χ2v) is 6.87. The minimum atomic E-state index is -3.54. The van der Waals surface area contributed by atoms with Crippen molar-refractivity contribution in [3.05, 3.63) is 16.7 Å². The fourth-order valence-electron chi connectivity index (χ4n) is 1.84. The standard InChI is InChI=1S/C11H16BrN3O3S/c1-2-13-11-10(7-9(12)8-14-11)19(16,17)15-3-5-18-6-4-15/h7-8H,2-6H2,1H3,(H,13,14). The predicted octanol–water partition coefficient (Wildman–Crippen LogP) is 1.30. The topological polar surface area (TPSA) is 71.5 Å². The van der Waals surface area contributed by atoms with Gasteiger partial charge in [-0.2, -0.15) is 4.31 Å². The van der Waals surface area contributed by atoms with Gasteiger partial charge < -0.3 is 10.1 Å². The van der Waals surface area contributed by atoms with Gasteiger partial charge in [-0.25, -0.2) is 13.4 Å². The van der Waals surface area contributed by atoms with Crippen molar-refractivity contribution >= 4 is 31.8 Å². The molecule has 1 saturated heterocycles. The number of hydrogen-bond acceptors (Lipinski definition) is 5. The van der Waals surface area contributed by atoms with Crippen LogP contribution >= 0.6 is 15.9 Å². The van der Waals surface area contributed by atoms with Gasteiger partial charge in [-0.05, 0) is 28.9 Å². The molecule has 1 N–H and O–H groups in total. The van der Waals surface area contributed by atoms with Crippen LogP contribution in [0.5, 0.6) is 0 Å². The van der Waals surface area contributed by atoms with Crippen LogP contribution in [0.1, 0.15) is 6.92 Å². The van der Waals surface area contributed by atoms with E-state index in [2.05, 4.69) is 26.2 Å². The molecule has 0 radical (unpaired) electrons. The molecule has 0 aliphatic carbocycles. The van der Waals surface area contributed by atoms with Crippen molar-refractivity contribution in [1.82, 2.24) is 9.29 Å². The number of sulfonamides is 1. The zero-order chi connectivity index (χ0) is 13.9. The summed E-state index contributed by atoms with van der Waals surface area (Å²) in [5.74, 6) is 0.386. The van der Waals surface area contributed by atoms with Crippen molar-refractivity contribution in [3.8, 4) is 0 Å². The Morgan fingerprint density at radius 3 is 2.79 bits per heavy atom. The van der Waals surface area contributed by atoms with Crippen molar-refractivity contribution in [3.63, 3.8) is 0 Å². The van der Waals surface area contributed by atoms with Gasteiger partial charge in [0.05, 0.1) is 13.2 Å². The second kappa shape index (κ2) is 6.17. The van der Waals surface area contributed by atoms with Gasteiger partial charge in [-0.1, -0.05) is 0 Å². The van der Waals surface area contributed by atoms with Gasteiger partial charge in [0.2, 0.25) is 10.0 Å². The molecular formula is C11H16BrN3O3S. The van der Waals surface area contributed by atoms with Crippen LogP contribution in [0.3, 0.4) is 0 Å². The Balaban J connectivity index is 2.40. The van der Waals surface area contributed by atoms with Crippen molar-refractivity contribution in [1.29, 1.82) is 0 Å². The molecule has 1 fully saturated rings. The molecule has 0 amide bonds. The highest BCUT2D eigenvalue weighted by atomic mass is 79.9. The van der Waals surface area contributed by atoms with E-state index < -0.39 is 10.0 Å². The third-order valence-electron chi connectivity index (χ3n) is 2.75. The average molecular weight is 350 g/mol. The molecule has 0 unspecified atom stereocenters. The van der Waals surface area contributed by atoms with Crippen LogP contribution < -0.4 is 5.32 Å². The van der Waals surface area contributed by atoms with Gasteiger partial charge in [-0.15, -0.1) is 0 Å². The molecule has 19 heavy (non-hydrogen) atoms. The van der Waals surface area contributed by atoms with E-state index in [9.17, 15) is 8.42 Å². The lowest BCUT2D eigenvalue weighted by Crippen LogP contribution is -2.40. The summed E-state index contributed by atoms with van der Waals surface area (Å²) in [6.07, 6.45) is 1.58. The minimum Gasteiger partial charge on any atom is -0.379 e. The summed E-state index contributed by atoms with van der Waals surface area (Å²) in [6.45, 7) is 4.12. The van der Waals surface area contributed by atoms with E-state index in [4.69, 9.17) is 4.74 Å². The number of anilines is 1. The largest absolute Gasteiger partial charge is 0.379 e. The minimum absolute atomic E-state index is 0.200. The molecule has 0 atom stereocenters. The van der Waals surface area contributed by atoms with E-state index in [0.717, 1.165) is 0 Å².